The van der Waals surface area contributed by atoms with Gasteiger partial charge in [0.2, 0.25) is 5.91 Å². The molecule has 0 saturated heterocycles. The predicted octanol–water partition coefficient (Wildman–Crippen LogP) is 1.53. The topological polar surface area (TPSA) is 58.4 Å². The molecule has 1 aromatic rings. The predicted molar refractivity (Wildman–Crippen MR) is 78.8 cm³/mol. The molecule has 1 unspecified atom stereocenters. The van der Waals surface area contributed by atoms with Crippen molar-refractivity contribution in [3.05, 3.63) is 35.9 Å². The van der Waals surface area contributed by atoms with Crippen molar-refractivity contribution >= 4 is 5.91 Å². The maximum atomic E-state index is 11.9. The number of hydrogen-bond acceptors (Lipinski definition) is 3. The van der Waals surface area contributed by atoms with Crippen LogP contribution in [0.1, 0.15) is 31.9 Å². The number of hydrogen-bond donors (Lipinski definition) is 2. The second-order valence-electron chi connectivity index (χ2n) is 5.11. The molecule has 1 rings (SSSR count). The second-order valence-corrected chi connectivity index (χ2v) is 5.11. The summed E-state index contributed by atoms with van der Waals surface area (Å²) in [5, 5.41) is 2.88. The molecular weight excluding hydrogens is 238 g/mol. The Morgan fingerprint density at radius 2 is 1.95 bits per heavy atom. The molecule has 1 atom stereocenters. The van der Waals surface area contributed by atoms with E-state index in [1.54, 1.807) is 0 Å². The number of nitrogens with zero attached hydrogens (tertiary/aromatic N) is 1. The summed E-state index contributed by atoms with van der Waals surface area (Å²) in [5.74, 6) is -0.113. The molecule has 0 aliphatic heterocycles. The van der Waals surface area contributed by atoms with Gasteiger partial charge in [0.25, 0.3) is 0 Å². The fourth-order valence-corrected chi connectivity index (χ4v) is 1.72. The summed E-state index contributed by atoms with van der Waals surface area (Å²) < 4.78 is 0. The molecule has 19 heavy (non-hydrogen) atoms. The normalized spacial score (nSPS) is 12.7. The van der Waals surface area contributed by atoms with E-state index in [4.69, 9.17) is 5.73 Å². The Kier molecular flexibility index (Phi) is 6.53. The van der Waals surface area contributed by atoms with Gasteiger partial charge in [0, 0.05) is 12.6 Å². The lowest BCUT2D eigenvalue weighted by Crippen LogP contribution is -2.36. The van der Waals surface area contributed by atoms with E-state index in [9.17, 15) is 4.79 Å². The van der Waals surface area contributed by atoms with Crippen LogP contribution in [0.2, 0.25) is 0 Å². The molecule has 0 spiro atoms. The lowest BCUT2D eigenvalue weighted by atomic mass is 10.1. The van der Waals surface area contributed by atoms with E-state index in [1.807, 2.05) is 30.3 Å². The summed E-state index contributed by atoms with van der Waals surface area (Å²) in [6.45, 7) is 5.95. The van der Waals surface area contributed by atoms with Crippen molar-refractivity contribution in [2.75, 3.05) is 20.1 Å². The highest BCUT2D eigenvalue weighted by atomic mass is 16.2. The number of rotatable bonds is 7. The Labute approximate surface area is 116 Å². The third-order valence-corrected chi connectivity index (χ3v) is 3.31. The molecule has 1 amide bonds. The number of benzene rings is 1. The number of carbonyl (C=O) groups is 1. The lowest BCUT2D eigenvalue weighted by Gasteiger charge is -2.21. The van der Waals surface area contributed by atoms with Gasteiger partial charge in [-0.05, 0) is 39.4 Å². The minimum absolute atomic E-state index is 0.113. The average molecular weight is 263 g/mol. The Balaban J connectivity index is 2.28. The second kappa shape index (κ2) is 7.92. The smallest absolute Gasteiger partial charge is 0.241 e. The van der Waals surface area contributed by atoms with Crippen molar-refractivity contribution in [2.24, 2.45) is 5.73 Å². The molecule has 4 heteroatoms. The van der Waals surface area contributed by atoms with E-state index in [1.165, 1.54) is 0 Å². The van der Waals surface area contributed by atoms with Gasteiger partial charge >= 0.3 is 0 Å². The van der Waals surface area contributed by atoms with E-state index in [-0.39, 0.29) is 5.91 Å². The summed E-state index contributed by atoms with van der Waals surface area (Å²) in [4.78, 5) is 14.1. The molecule has 0 bridgehead atoms. The SMILES string of the molecule is CC(C)N(C)CCCNC(=O)C(N)c1ccccc1. The third-order valence-electron chi connectivity index (χ3n) is 3.31. The molecule has 4 nitrogen and oxygen atoms in total. The maximum Gasteiger partial charge on any atom is 0.241 e. The van der Waals surface area contributed by atoms with Gasteiger partial charge in [-0.25, -0.2) is 0 Å². The van der Waals surface area contributed by atoms with E-state index >= 15 is 0 Å². The molecule has 0 aliphatic rings. The minimum Gasteiger partial charge on any atom is -0.354 e. The third kappa shape index (κ3) is 5.41. The largest absolute Gasteiger partial charge is 0.354 e. The number of amides is 1. The van der Waals surface area contributed by atoms with Crippen molar-refractivity contribution in [1.29, 1.82) is 0 Å². The summed E-state index contributed by atoms with van der Waals surface area (Å²) in [6, 6.07) is 9.38. The van der Waals surface area contributed by atoms with Gasteiger partial charge in [-0.1, -0.05) is 30.3 Å². The van der Waals surface area contributed by atoms with Crippen molar-refractivity contribution in [2.45, 2.75) is 32.4 Å². The summed E-state index contributed by atoms with van der Waals surface area (Å²) in [5.41, 5.74) is 6.75. The Morgan fingerprint density at radius 3 is 2.53 bits per heavy atom. The first kappa shape index (κ1) is 15.7. The Bertz CT molecular complexity index is 378. The first-order valence-electron chi connectivity index (χ1n) is 6.81. The Hall–Kier alpha value is -1.39. The van der Waals surface area contributed by atoms with Gasteiger partial charge in [0.15, 0.2) is 0 Å². The molecule has 0 aliphatic carbocycles. The van der Waals surface area contributed by atoms with Gasteiger partial charge in [0.1, 0.15) is 6.04 Å². The molecule has 0 aromatic heterocycles. The summed E-state index contributed by atoms with van der Waals surface area (Å²) in [6.07, 6.45) is 0.932. The van der Waals surface area contributed by atoms with E-state index in [0.717, 1.165) is 18.5 Å². The van der Waals surface area contributed by atoms with Crippen LogP contribution in [0, 0.1) is 0 Å². The highest BCUT2D eigenvalue weighted by Gasteiger charge is 2.14. The summed E-state index contributed by atoms with van der Waals surface area (Å²) in [7, 11) is 2.09. The number of nitrogens with two attached hydrogens (primary N) is 1. The zero-order valence-corrected chi connectivity index (χ0v) is 12.1. The van der Waals surface area contributed by atoms with Crippen molar-refractivity contribution in [1.82, 2.24) is 10.2 Å². The molecule has 3 N–H and O–H groups in total. The fraction of sp³-hybridized carbons (Fsp3) is 0.533. The van der Waals surface area contributed by atoms with Gasteiger partial charge in [-0.15, -0.1) is 0 Å². The van der Waals surface area contributed by atoms with Crippen molar-refractivity contribution < 1.29 is 4.79 Å². The highest BCUT2D eigenvalue weighted by Crippen LogP contribution is 2.08. The Morgan fingerprint density at radius 1 is 1.32 bits per heavy atom. The standard InChI is InChI=1S/C15H25N3O/c1-12(2)18(3)11-7-10-17-15(19)14(16)13-8-5-4-6-9-13/h4-6,8-9,12,14H,7,10-11,16H2,1-3H3,(H,17,19). The molecule has 0 saturated carbocycles. The molecule has 0 fully saturated rings. The zero-order valence-electron chi connectivity index (χ0n) is 12.1. The average Bonchev–Trinajstić information content (AvgIpc) is 2.43. The first-order chi connectivity index (χ1) is 9.02. The molecule has 0 heterocycles. The van der Waals surface area contributed by atoms with E-state index in [2.05, 4.69) is 31.1 Å². The number of carbonyl (C=O) groups excluding carboxylic acids is 1. The molecular formula is C15H25N3O. The van der Waals surface area contributed by atoms with E-state index < -0.39 is 6.04 Å². The zero-order chi connectivity index (χ0) is 14.3. The van der Waals surface area contributed by atoms with Crippen molar-refractivity contribution in [3.63, 3.8) is 0 Å². The van der Waals surface area contributed by atoms with Gasteiger partial charge < -0.3 is 16.0 Å². The molecule has 1 aromatic carbocycles. The van der Waals surface area contributed by atoms with Crippen LogP contribution in [-0.4, -0.2) is 37.0 Å². The van der Waals surface area contributed by atoms with Gasteiger partial charge in [0.05, 0.1) is 0 Å². The van der Waals surface area contributed by atoms with Gasteiger partial charge in [-0.3, -0.25) is 4.79 Å². The lowest BCUT2D eigenvalue weighted by molar-refractivity contribution is -0.122. The van der Waals surface area contributed by atoms with Crippen LogP contribution in [0.4, 0.5) is 0 Å². The van der Waals surface area contributed by atoms with Crippen LogP contribution in [-0.2, 0) is 4.79 Å². The van der Waals surface area contributed by atoms with Crippen LogP contribution in [0.25, 0.3) is 0 Å². The summed E-state index contributed by atoms with van der Waals surface area (Å²) >= 11 is 0. The van der Waals surface area contributed by atoms with Crippen LogP contribution in [0.3, 0.4) is 0 Å². The highest BCUT2D eigenvalue weighted by molar-refractivity contribution is 5.82. The van der Waals surface area contributed by atoms with Crippen LogP contribution in [0.5, 0.6) is 0 Å². The van der Waals surface area contributed by atoms with Crippen LogP contribution >= 0.6 is 0 Å². The monoisotopic (exact) mass is 263 g/mol. The van der Waals surface area contributed by atoms with E-state index in [0.29, 0.717) is 12.6 Å². The maximum absolute atomic E-state index is 11.9. The van der Waals surface area contributed by atoms with Crippen LogP contribution < -0.4 is 11.1 Å². The van der Waals surface area contributed by atoms with Gasteiger partial charge in [-0.2, -0.15) is 0 Å². The molecule has 106 valence electrons. The van der Waals surface area contributed by atoms with Crippen molar-refractivity contribution in [3.8, 4) is 0 Å². The fourth-order valence-electron chi connectivity index (χ4n) is 1.72. The van der Waals surface area contributed by atoms with Crippen LogP contribution in [0.15, 0.2) is 30.3 Å². The first-order valence-corrected chi connectivity index (χ1v) is 6.81. The quantitative estimate of drug-likeness (QED) is 0.734. The molecule has 0 radical (unpaired) electrons. The number of nitrogens with one attached hydrogen (secondary N) is 1. The minimum atomic E-state index is -0.580.